The summed E-state index contributed by atoms with van der Waals surface area (Å²) in [5.41, 5.74) is 1.69. The quantitative estimate of drug-likeness (QED) is 0.784. The van der Waals surface area contributed by atoms with Crippen LogP contribution >= 0.6 is 11.8 Å². The molecule has 0 amide bonds. The van der Waals surface area contributed by atoms with Crippen LogP contribution in [-0.4, -0.2) is 21.8 Å². The molecule has 1 aliphatic carbocycles. The second-order valence-electron chi connectivity index (χ2n) is 5.06. The van der Waals surface area contributed by atoms with Gasteiger partial charge in [0.1, 0.15) is 0 Å². The second kappa shape index (κ2) is 5.74. The summed E-state index contributed by atoms with van der Waals surface area (Å²) < 4.78 is 0. The minimum absolute atomic E-state index is 0.204. The molecular formula is C16H17NOS. The molecule has 98 valence electrons. The molecule has 19 heavy (non-hydrogen) atoms. The van der Waals surface area contributed by atoms with Crippen LogP contribution in [-0.2, 0) is 0 Å². The minimum Gasteiger partial charge on any atom is -0.293 e. The van der Waals surface area contributed by atoms with Crippen LogP contribution in [0.15, 0.2) is 36.5 Å². The number of para-hydroxylation sites is 1. The Morgan fingerprint density at radius 3 is 2.89 bits per heavy atom. The van der Waals surface area contributed by atoms with E-state index in [0.717, 1.165) is 16.5 Å². The van der Waals surface area contributed by atoms with Crippen molar-refractivity contribution in [2.75, 3.05) is 5.75 Å². The number of hydrogen-bond acceptors (Lipinski definition) is 3. The molecule has 0 bridgehead atoms. The lowest BCUT2D eigenvalue weighted by atomic mass is 10.1. The van der Waals surface area contributed by atoms with Crippen LogP contribution in [0.25, 0.3) is 10.9 Å². The lowest BCUT2D eigenvalue weighted by Crippen LogP contribution is -2.07. The van der Waals surface area contributed by atoms with Gasteiger partial charge in [-0.1, -0.05) is 31.0 Å². The molecule has 0 unspecified atom stereocenters. The number of benzene rings is 1. The summed E-state index contributed by atoms with van der Waals surface area (Å²) in [5.74, 6) is 0.792. The van der Waals surface area contributed by atoms with E-state index in [1.807, 2.05) is 42.1 Å². The highest BCUT2D eigenvalue weighted by Gasteiger charge is 2.17. The van der Waals surface area contributed by atoms with Crippen LogP contribution in [0, 0.1) is 0 Å². The van der Waals surface area contributed by atoms with Crippen molar-refractivity contribution >= 4 is 28.4 Å². The zero-order valence-corrected chi connectivity index (χ0v) is 11.7. The normalized spacial score (nSPS) is 16.0. The van der Waals surface area contributed by atoms with Crippen molar-refractivity contribution < 1.29 is 4.79 Å². The van der Waals surface area contributed by atoms with Crippen LogP contribution in [0.2, 0.25) is 0 Å². The highest BCUT2D eigenvalue weighted by Crippen LogP contribution is 2.29. The van der Waals surface area contributed by atoms with Gasteiger partial charge in [-0.15, -0.1) is 0 Å². The fourth-order valence-electron chi connectivity index (χ4n) is 2.56. The number of Topliss-reactive ketones (excluding diaryl/α,β-unsaturated/α-hetero) is 1. The molecule has 0 saturated heterocycles. The van der Waals surface area contributed by atoms with E-state index in [1.54, 1.807) is 6.20 Å². The Labute approximate surface area is 117 Å². The predicted molar refractivity (Wildman–Crippen MR) is 80.8 cm³/mol. The van der Waals surface area contributed by atoms with Gasteiger partial charge in [-0.2, -0.15) is 11.8 Å². The number of hydrogen-bond donors (Lipinski definition) is 0. The summed E-state index contributed by atoms with van der Waals surface area (Å²) in [6, 6.07) is 9.87. The Morgan fingerprint density at radius 1 is 1.26 bits per heavy atom. The maximum atomic E-state index is 12.2. The predicted octanol–water partition coefficient (Wildman–Crippen LogP) is 4.09. The van der Waals surface area contributed by atoms with E-state index in [-0.39, 0.29) is 5.78 Å². The summed E-state index contributed by atoms with van der Waals surface area (Å²) in [6.07, 6.45) is 6.90. The first-order valence-corrected chi connectivity index (χ1v) is 7.87. The van der Waals surface area contributed by atoms with Gasteiger partial charge in [-0.3, -0.25) is 9.78 Å². The zero-order chi connectivity index (χ0) is 13.1. The highest BCUT2D eigenvalue weighted by molar-refractivity contribution is 8.00. The highest BCUT2D eigenvalue weighted by atomic mass is 32.2. The van der Waals surface area contributed by atoms with Crippen LogP contribution in [0.5, 0.6) is 0 Å². The molecule has 1 aromatic heterocycles. The molecule has 0 aliphatic heterocycles. The first kappa shape index (κ1) is 12.7. The van der Waals surface area contributed by atoms with Gasteiger partial charge in [0, 0.05) is 22.4 Å². The third-order valence-electron chi connectivity index (χ3n) is 3.66. The maximum Gasteiger partial charge on any atom is 0.174 e. The molecular weight excluding hydrogens is 254 g/mol. The molecule has 0 N–H and O–H groups in total. The van der Waals surface area contributed by atoms with Gasteiger partial charge in [0.15, 0.2) is 5.78 Å². The van der Waals surface area contributed by atoms with Gasteiger partial charge in [0.2, 0.25) is 0 Å². The number of aromatic nitrogens is 1. The lowest BCUT2D eigenvalue weighted by Gasteiger charge is -2.08. The number of carbonyl (C=O) groups is 1. The van der Waals surface area contributed by atoms with Crippen molar-refractivity contribution in [1.82, 2.24) is 4.98 Å². The summed E-state index contributed by atoms with van der Waals surface area (Å²) >= 11 is 1.82. The molecule has 0 spiro atoms. The third-order valence-corrected chi connectivity index (χ3v) is 5.04. The molecule has 0 atom stereocenters. The smallest absolute Gasteiger partial charge is 0.174 e. The van der Waals surface area contributed by atoms with Gasteiger partial charge < -0.3 is 0 Å². The first-order valence-electron chi connectivity index (χ1n) is 6.82. The standard InChI is InChI=1S/C16H17NOS/c18-16(11-19-14-6-2-3-7-14)13-9-12-5-1-4-8-15(12)17-10-13/h1,4-5,8-10,14H,2-3,6-7,11H2. The zero-order valence-electron chi connectivity index (χ0n) is 10.8. The molecule has 3 heteroatoms. The van der Waals surface area contributed by atoms with E-state index < -0.39 is 0 Å². The average Bonchev–Trinajstić information content (AvgIpc) is 2.97. The van der Waals surface area contributed by atoms with Gasteiger partial charge >= 0.3 is 0 Å². The van der Waals surface area contributed by atoms with E-state index in [9.17, 15) is 4.79 Å². The van der Waals surface area contributed by atoms with Crippen LogP contribution in [0.3, 0.4) is 0 Å². The fourth-order valence-corrected chi connectivity index (χ4v) is 3.78. The molecule has 1 saturated carbocycles. The third kappa shape index (κ3) is 2.98. The minimum atomic E-state index is 0.204. The Bertz CT molecular complexity index is 590. The van der Waals surface area contributed by atoms with Crippen molar-refractivity contribution in [3.05, 3.63) is 42.1 Å². The number of fused-ring (bicyclic) bond motifs is 1. The van der Waals surface area contributed by atoms with Crippen molar-refractivity contribution in [3.63, 3.8) is 0 Å². The summed E-state index contributed by atoms with van der Waals surface area (Å²) in [4.78, 5) is 16.5. The van der Waals surface area contributed by atoms with E-state index in [0.29, 0.717) is 11.0 Å². The van der Waals surface area contributed by atoms with Crippen LogP contribution in [0.4, 0.5) is 0 Å². The SMILES string of the molecule is O=C(CSC1CCCC1)c1cnc2ccccc2c1. The molecule has 1 fully saturated rings. The summed E-state index contributed by atoms with van der Waals surface area (Å²) in [7, 11) is 0. The Hall–Kier alpha value is -1.35. The van der Waals surface area contributed by atoms with Crippen LogP contribution in [0.1, 0.15) is 36.0 Å². The Kier molecular flexibility index (Phi) is 3.83. The summed E-state index contributed by atoms with van der Waals surface area (Å²) in [6.45, 7) is 0. The fraction of sp³-hybridized carbons (Fsp3) is 0.375. The van der Waals surface area contributed by atoms with E-state index in [1.165, 1.54) is 25.7 Å². The van der Waals surface area contributed by atoms with Crippen molar-refractivity contribution in [3.8, 4) is 0 Å². The van der Waals surface area contributed by atoms with Gasteiger partial charge in [-0.05, 0) is 25.0 Å². The molecule has 2 nitrogen and oxygen atoms in total. The molecule has 1 aromatic carbocycles. The molecule has 2 aromatic rings. The molecule has 1 aliphatic rings. The number of carbonyl (C=O) groups excluding carboxylic acids is 1. The monoisotopic (exact) mass is 271 g/mol. The maximum absolute atomic E-state index is 12.2. The van der Waals surface area contributed by atoms with E-state index in [4.69, 9.17) is 0 Å². The average molecular weight is 271 g/mol. The number of thioether (sulfide) groups is 1. The van der Waals surface area contributed by atoms with Gasteiger partial charge in [0.25, 0.3) is 0 Å². The largest absolute Gasteiger partial charge is 0.293 e. The number of pyridine rings is 1. The second-order valence-corrected chi connectivity index (χ2v) is 6.35. The van der Waals surface area contributed by atoms with Crippen molar-refractivity contribution in [2.45, 2.75) is 30.9 Å². The molecule has 1 heterocycles. The number of ketones is 1. The van der Waals surface area contributed by atoms with Gasteiger partial charge in [-0.25, -0.2) is 0 Å². The number of rotatable bonds is 4. The van der Waals surface area contributed by atoms with Crippen molar-refractivity contribution in [2.24, 2.45) is 0 Å². The topological polar surface area (TPSA) is 30.0 Å². The number of nitrogens with zero attached hydrogens (tertiary/aromatic N) is 1. The van der Waals surface area contributed by atoms with Gasteiger partial charge in [0.05, 0.1) is 11.3 Å². The van der Waals surface area contributed by atoms with Crippen LogP contribution < -0.4 is 0 Å². The first-order chi connectivity index (χ1) is 9.33. The molecule has 0 radical (unpaired) electrons. The Balaban J connectivity index is 1.70. The summed E-state index contributed by atoms with van der Waals surface area (Å²) in [5, 5.41) is 1.73. The van der Waals surface area contributed by atoms with E-state index in [2.05, 4.69) is 4.98 Å². The molecule has 3 rings (SSSR count). The Morgan fingerprint density at radius 2 is 2.05 bits per heavy atom. The lowest BCUT2D eigenvalue weighted by molar-refractivity contribution is 0.102. The van der Waals surface area contributed by atoms with Crippen molar-refractivity contribution in [1.29, 1.82) is 0 Å². The van der Waals surface area contributed by atoms with E-state index >= 15 is 0 Å².